The molecular weight excluding hydrogens is 310 g/mol. The summed E-state index contributed by atoms with van der Waals surface area (Å²) in [4.78, 5) is 11.7. The molecule has 1 heterocycles. The van der Waals surface area contributed by atoms with Gasteiger partial charge in [0.15, 0.2) is 8.32 Å². The van der Waals surface area contributed by atoms with Gasteiger partial charge in [-0.1, -0.05) is 26.0 Å². The van der Waals surface area contributed by atoms with E-state index in [0.29, 0.717) is 18.7 Å². The zero-order chi connectivity index (χ0) is 17.3. The SMILES string of the molecule is COC(=O)c1ccc2nnn(CCO[Si](C)(C)C(C)(C)C)c2c1. The molecule has 0 aliphatic heterocycles. The number of aromatic nitrogens is 3. The van der Waals surface area contributed by atoms with Gasteiger partial charge in [0.05, 0.1) is 31.3 Å². The molecule has 0 fully saturated rings. The van der Waals surface area contributed by atoms with E-state index in [-0.39, 0.29) is 11.0 Å². The molecule has 2 aromatic rings. The first kappa shape index (κ1) is 17.6. The second kappa shape index (κ2) is 6.41. The van der Waals surface area contributed by atoms with Crippen molar-refractivity contribution in [1.82, 2.24) is 15.0 Å². The maximum atomic E-state index is 11.7. The van der Waals surface area contributed by atoms with Gasteiger partial charge in [-0.25, -0.2) is 9.48 Å². The summed E-state index contributed by atoms with van der Waals surface area (Å²) in [5, 5.41) is 8.45. The van der Waals surface area contributed by atoms with Crippen LogP contribution in [0, 0.1) is 0 Å². The Morgan fingerprint density at radius 2 is 2.00 bits per heavy atom. The first-order chi connectivity index (χ1) is 10.7. The number of hydrogen-bond donors (Lipinski definition) is 0. The summed E-state index contributed by atoms with van der Waals surface area (Å²) in [6.45, 7) is 12.3. The standard InChI is InChI=1S/C16H25N3O3Si/c1-16(2,3)23(5,6)22-10-9-19-14-11-12(15(20)21-4)7-8-13(14)17-18-19/h7-8,11H,9-10H2,1-6H3. The lowest BCUT2D eigenvalue weighted by Crippen LogP contribution is -2.41. The first-order valence-corrected chi connectivity index (χ1v) is 10.6. The van der Waals surface area contributed by atoms with E-state index in [2.05, 4.69) is 44.2 Å². The average Bonchev–Trinajstić information content (AvgIpc) is 2.87. The van der Waals surface area contributed by atoms with E-state index in [0.717, 1.165) is 11.0 Å². The van der Waals surface area contributed by atoms with Crippen molar-refractivity contribution in [1.29, 1.82) is 0 Å². The fourth-order valence-electron chi connectivity index (χ4n) is 1.98. The molecule has 1 aromatic heterocycles. The van der Waals surface area contributed by atoms with Crippen molar-refractivity contribution >= 4 is 25.3 Å². The van der Waals surface area contributed by atoms with Crippen LogP contribution in [-0.2, 0) is 15.7 Å². The van der Waals surface area contributed by atoms with Crippen molar-refractivity contribution in [2.45, 2.75) is 45.4 Å². The quantitative estimate of drug-likeness (QED) is 0.620. The molecule has 6 nitrogen and oxygen atoms in total. The molecule has 0 saturated heterocycles. The smallest absolute Gasteiger partial charge is 0.337 e. The van der Waals surface area contributed by atoms with Crippen LogP contribution in [0.4, 0.5) is 0 Å². The zero-order valence-corrected chi connectivity index (χ0v) is 15.7. The summed E-state index contributed by atoms with van der Waals surface area (Å²) < 4.78 is 12.7. The molecule has 2 rings (SSSR count). The number of hydrogen-bond acceptors (Lipinski definition) is 5. The van der Waals surface area contributed by atoms with Crippen molar-refractivity contribution in [2.24, 2.45) is 0 Å². The third-order valence-electron chi connectivity index (χ3n) is 4.51. The number of ether oxygens (including phenoxy) is 1. The van der Waals surface area contributed by atoms with Gasteiger partial charge in [0.25, 0.3) is 0 Å². The predicted molar refractivity (Wildman–Crippen MR) is 92.0 cm³/mol. The monoisotopic (exact) mass is 335 g/mol. The third kappa shape index (κ3) is 3.79. The molecule has 0 radical (unpaired) electrons. The summed E-state index contributed by atoms with van der Waals surface area (Å²) in [6.07, 6.45) is 0. The van der Waals surface area contributed by atoms with Gasteiger partial charge in [-0.3, -0.25) is 0 Å². The molecular formula is C16H25N3O3Si. The van der Waals surface area contributed by atoms with Crippen LogP contribution < -0.4 is 0 Å². The van der Waals surface area contributed by atoms with Crippen LogP contribution in [0.15, 0.2) is 18.2 Å². The van der Waals surface area contributed by atoms with E-state index in [9.17, 15) is 4.79 Å². The van der Waals surface area contributed by atoms with Crippen molar-refractivity contribution in [3.8, 4) is 0 Å². The largest absolute Gasteiger partial charge is 0.465 e. The molecule has 126 valence electrons. The summed E-state index contributed by atoms with van der Waals surface area (Å²) in [6, 6.07) is 5.23. The molecule has 0 aliphatic carbocycles. The van der Waals surface area contributed by atoms with Crippen LogP contribution in [0.2, 0.25) is 18.1 Å². The predicted octanol–water partition coefficient (Wildman–Crippen LogP) is 3.24. The third-order valence-corrected chi connectivity index (χ3v) is 9.05. The molecule has 0 amide bonds. The summed E-state index contributed by atoms with van der Waals surface area (Å²) in [5.41, 5.74) is 2.06. The number of rotatable bonds is 5. The Morgan fingerprint density at radius 1 is 1.30 bits per heavy atom. The zero-order valence-electron chi connectivity index (χ0n) is 14.7. The van der Waals surface area contributed by atoms with Crippen molar-refractivity contribution in [2.75, 3.05) is 13.7 Å². The Hall–Kier alpha value is -1.73. The Bertz CT molecular complexity index is 704. The molecule has 0 bridgehead atoms. The normalized spacial score (nSPS) is 12.6. The molecule has 0 aliphatic rings. The maximum Gasteiger partial charge on any atom is 0.337 e. The van der Waals surface area contributed by atoms with Crippen LogP contribution in [-0.4, -0.2) is 43.0 Å². The molecule has 0 N–H and O–H groups in total. The Balaban J connectivity index is 2.13. The van der Waals surface area contributed by atoms with Gasteiger partial charge in [-0.05, 0) is 36.3 Å². The highest BCUT2D eigenvalue weighted by Crippen LogP contribution is 2.36. The number of carbonyl (C=O) groups excluding carboxylic acids is 1. The topological polar surface area (TPSA) is 66.2 Å². The molecule has 0 atom stereocenters. The van der Waals surface area contributed by atoms with Gasteiger partial charge in [0, 0.05) is 0 Å². The van der Waals surface area contributed by atoms with Gasteiger partial charge in [0.1, 0.15) is 5.52 Å². The van der Waals surface area contributed by atoms with Crippen LogP contribution in [0.1, 0.15) is 31.1 Å². The first-order valence-electron chi connectivity index (χ1n) is 7.71. The molecule has 0 spiro atoms. The van der Waals surface area contributed by atoms with Crippen molar-refractivity contribution in [3.63, 3.8) is 0 Å². The molecule has 0 unspecified atom stereocenters. The fourth-order valence-corrected chi connectivity index (χ4v) is 3.01. The Kier molecular flexibility index (Phi) is 4.91. The van der Waals surface area contributed by atoms with Gasteiger partial charge in [0.2, 0.25) is 0 Å². The van der Waals surface area contributed by atoms with Crippen molar-refractivity contribution in [3.05, 3.63) is 23.8 Å². The highest BCUT2D eigenvalue weighted by atomic mass is 28.4. The molecule has 23 heavy (non-hydrogen) atoms. The summed E-state index contributed by atoms with van der Waals surface area (Å²) in [5.74, 6) is -0.364. The van der Waals surface area contributed by atoms with Crippen LogP contribution in [0.3, 0.4) is 0 Å². The number of carbonyl (C=O) groups is 1. The Labute approximate surface area is 137 Å². The van der Waals surface area contributed by atoms with E-state index in [1.54, 1.807) is 22.9 Å². The second-order valence-electron chi connectivity index (χ2n) is 7.12. The Morgan fingerprint density at radius 3 is 2.61 bits per heavy atom. The lowest BCUT2D eigenvalue weighted by molar-refractivity contribution is 0.0601. The van der Waals surface area contributed by atoms with E-state index in [4.69, 9.17) is 9.16 Å². The number of fused-ring (bicyclic) bond motifs is 1. The highest BCUT2D eigenvalue weighted by molar-refractivity contribution is 6.74. The minimum absolute atomic E-state index is 0.176. The number of nitrogens with zero attached hydrogens (tertiary/aromatic N) is 3. The number of esters is 1. The second-order valence-corrected chi connectivity index (χ2v) is 11.9. The number of methoxy groups -OCH3 is 1. The summed E-state index contributed by atoms with van der Waals surface area (Å²) >= 11 is 0. The van der Waals surface area contributed by atoms with Crippen LogP contribution >= 0.6 is 0 Å². The minimum atomic E-state index is -1.78. The van der Waals surface area contributed by atoms with Gasteiger partial charge in [-0.2, -0.15) is 0 Å². The van der Waals surface area contributed by atoms with Crippen LogP contribution in [0.5, 0.6) is 0 Å². The van der Waals surface area contributed by atoms with Gasteiger partial charge >= 0.3 is 5.97 Å². The lowest BCUT2D eigenvalue weighted by Gasteiger charge is -2.36. The molecule has 7 heteroatoms. The van der Waals surface area contributed by atoms with E-state index < -0.39 is 8.32 Å². The van der Waals surface area contributed by atoms with Gasteiger partial charge < -0.3 is 9.16 Å². The van der Waals surface area contributed by atoms with E-state index >= 15 is 0 Å². The summed E-state index contributed by atoms with van der Waals surface area (Å²) in [7, 11) is -0.406. The van der Waals surface area contributed by atoms with Crippen molar-refractivity contribution < 1.29 is 14.0 Å². The van der Waals surface area contributed by atoms with E-state index in [1.165, 1.54) is 7.11 Å². The molecule has 1 aromatic carbocycles. The lowest BCUT2D eigenvalue weighted by atomic mass is 10.2. The molecule has 0 saturated carbocycles. The van der Waals surface area contributed by atoms with Gasteiger partial charge in [-0.15, -0.1) is 5.10 Å². The maximum absolute atomic E-state index is 11.7. The van der Waals surface area contributed by atoms with Crippen LogP contribution in [0.25, 0.3) is 11.0 Å². The van der Waals surface area contributed by atoms with E-state index in [1.807, 2.05) is 0 Å². The number of benzene rings is 1. The minimum Gasteiger partial charge on any atom is -0.465 e. The fraction of sp³-hybridized carbons (Fsp3) is 0.562. The highest BCUT2D eigenvalue weighted by Gasteiger charge is 2.36. The average molecular weight is 335 g/mol.